The SMILES string of the molecule is NC(=S)N/N=C\c1cc2ccccc2[nH]c1=O. The van der Waals surface area contributed by atoms with Crippen LogP contribution in [0.4, 0.5) is 0 Å². The third-order valence-electron chi connectivity index (χ3n) is 2.16. The fourth-order valence-corrected chi connectivity index (χ4v) is 1.48. The number of nitrogens with one attached hydrogen (secondary N) is 2. The summed E-state index contributed by atoms with van der Waals surface area (Å²) in [6.07, 6.45) is 1.38. The summed E-state index contributed by atoms with van der Waals surface area (Å²) in [6, 6.07) is 9.25. The Bertz CT molecular complexity index is 647. The van der Waals surface area contributed by atoms with Crippen molar-refractivity contribution in [2.75, 3.05) is 0 Å². The van der Waals surface area contributed by atoms with Crippen LogP contribution in [0, 0.1) is 0 Å². The number of nitrogens with zero attached hydrogens (tertiary/aromatic N) is 1. The number of fused-ring (bicyclic) bond motifs is 1. The molecule has 0 spiro atoms. The minimum absolute atomic E-state index is 0.0541. The van der Waals surface area contributed by atoms with Crippen LogP contribution < -0.4 is 16.7 Å². The first-order valence-corrected chi connectivity index (χ1v) is 5.28. The average Bonchev–Trinajstić information content (AvgIpc) is 2.29. The quantitative estimate of drug-likeness (QED) is 0.414. The lowest BCUT2D eigenvalue weighted by molar-refractivity contribution is 1.04. The molecule has 0 fully saturated rings. The molecule has 2 aromatic rings. The van der Waals surface area contributed by atoms with E-state index in [1.165, 1.54) is 6.21 Å². The topological polar surface area (TPSA) is 83.3 Å². The third-order valence-corrected chi connectivity index (χ3v) is 2.25. The number of aromatic nitrogens is 1. The van der Waals surface area contributed by atoms with Gasteiger partial charge in [0.25, 0.3) is 5.56 Å². The van der Waals surface area contributed by atoms with Crippen molar-refractivity contribution in [3.05, 3.63) is 46.2 Å². The van der Waals surface area contributed by atoms with Crippen LogP contribution in [0.25, 0.3) is 10.9 Å². The molecule has 5 nitrogen and oxygen atoms in total. The molecule has 2 rings (SSSR count). The second kappa shape index (κ2) is 4.75. The van der Waals surface area contributed by atoms with Gasteiger partial charge in [-0.1, -0.05) is 18.2 Å². The van der Waals surface area contributed by atoms with E-state index < -0.39 is 0 Å². The monoisotopic (exact) mass is 246 g/mol. The Morgan fingerprint density at radius 2 is 2.24 bits per heavy atom. The van der Waals surface area contributed by atoms with Gasteiger partial charge in [0.15, 0.2) is 5.11 Å². The molecule has 1 heterocycles. The molecule has 0 bridgehead atoms. The van der Waals surface area contributed by atoms with Gasteiger partial charge in [-0.15, -0.1) is 0 Å². The zero-order chi connectivity index (χ0) is 12.3. The minimum Gasteiger partial charge on any atom is -0.375 e. The number of nitrogens with two attached hydrogens (primary N) is 1. The van der Waals surface area contributed by atoms with Crippen molar-refractivity contribution in [2.24, 2.45) is 10.8 Å². The molecule has 0 amide bonds. The largest absolute Gasteiger partial charge is 0.375 e. The fraction of sp³-hybridized carbons (Fsp3) is 0. The number of para-hydroxylation sites is 1. The van der Waals surface area contributed by atoms with E-state index in [-0.39, 0.29) is 10.7 Å². The zero-order valence-electron chi connectivity index (χ0n) is 8.81. The Morgan fingerprint density at radius 1 is 1.47 bits per heavy atom. The molecule has 17 heavy (non-hydrogen) atoms. The number of aromatic amines is 1. The molecule has 4 N–H and O–H groups in total. The first-order valence-electron chi connectivity index (χ1n) is 4.87. The zero-order valence-corrected chi connectivity index (χ0v) is 9.62. The second-order valence-corrected chi connectivity index (χ2v) is 3.82. The van der Waals surface area contributed by atoms with E-state index in [1.807, 2.05) is 24.3 Å². The number of hydrogen-bond acceptors (Lipinski definition) is 3. The molecule has 0 saturated heterocycles. The summed E-state index contributed by atoms with van der Waals surface area (Å²) in [5.74, 6) is 0. The molecule has 0 atom stereocenters. The van der Waals surface area contributed by atoms with Crippen LogP contribution in [0.1, 0.15) is 5.56 Å². The van der Waals surface area contributed by atoms with Crippen LogP contribution >= 0.6 is 12.2 Å². The van der Waals surface area contributed by atoms with Gasteiger partial charge in [0, 0.05) is 5.52 Å². The molecule has 1 aromatic heterocycles. The van der Waals surface area contributed by atoms with Gasteiger partial charge >= 0.3 is 0 Å². The molecular weight excluding hydrogens is 236 g/mol. The van der Waals surface area contributed by atoms with Gasteiger partial charge in [0.2, 0.25) is 0 Å². The van der Waals surface area contributed by atoms with Gasteiger partial charge in [-0.25, -0.2) is 0 Å². The van der Waals surface area contributed by atoms with E-state index in [0.717, 1.165) is 10.9 Å². The fourth-order valence-electron chi connectivity index (χ4n) is 1.43. The number of thiocarbonyl (C=S) groups is 1. The summed E-state index contributed by atoms with van der Waals surface area (Å²) in [4.78, 5) is 14.4. The van der Waals surface area contributed by atoms with E-state index in [9.17, 15) is 4.79 Å². The summed E-state index contributed by atoms with van der Waals surface area (Å²) in [5.41, 5.74) is 8.62. The van der Waals surface area contributed by atoms with Crippen LogP contribution in [-0.4, -0.2) is 16.3 Å². The van der Waals surface area contributed by atoms with Crippen LogP contribution in [0.15, 0.2) is 40.2 Å². The highest BCUT2D eigenvalue weighted by atomic mass is 32.1. The number of H-pyrrole nitrogens is 1. The van der Waals surface area contributed by atoms with Crippen LogP contribution in [0.5, 0.6) is 0 Å². The molecule has 0 aliphatic heterocycles. The number of pyridine rings is 1. The lowest BCUT2D eigenvalue weighted by atomic mass is 10.2. The van der Waals surface area contributed by atoms with Crippen LogP contribution in [0.3, 0.4) is 0 Å². The van der Waals surface area contributed by atoms with Crippen molar-refractivity contribution in [3.8, 4) is 0 Å². The maximum Gasteiger partial charge on any atom is 0.257 e. The van der Waals surface area contributed by atoms with Gasteiger partial charge in [-0.3, -0.25) is 10.2 Å². The summed E-state index contributed by atoms with van der Waals surface area (Å²) in [6.45, 7) is 0. The van der Waals surface area contributed by atoms with Gasteiger partial charge in [0.05, 0.1) is 11.8 Å². The van der Waals surface area contributed by atoms with E-state index in [0.29, 0.717) is 5.56 Å². The Labute approximate surface area is 102 Å². The highest BCUT2D eigenvalue weighted by molar-refractivity contribution is 7.80. The summed E-state index contributed by atoms with van der Waals surface area (Å²) >= 11 is 4.59. The highest BCUT2D eigenvalue weighted by Gasteiger charge is 1.99. The lowest BCUT2D eigenvalue weighted by Crippen LogP contribution is -2.24. The van der Waals surface area contributed by atoms with Gasteiger partial charge in [-0.2, -0.15) is 5.10 Å². The Morgan fingerprint density at radius 3 is 3.00 bits per heavy atom. The second-order valence-electron chi connectivity index (χ2n) is 3.38. The maximum absolute atomic E-state index is 11.7. The number of rotatable bonds is 2. The normalized spacial score (nSPS) is 10.8. The predicted octanol–water partition coefficient (Wildman–Crippen LogP) is 0.695. The van der Waals surface area contributed by atoms with Gasteiger partial charge in [-0.05, 0) is 29.7 Å². The molecule has 1 aromatic carbocycles. The van der Waals surface area contributed by atoms with Crippen molar-refractivity contribution in [3.63, 3.8) is 0 Å². The van der Waals surface area contributed by atoms with E-state index >= 15 is 0 Å². The van der Waals surface area contributed by atoms with Crippen molar-refractivity contribution < 1.29 is 0 Å². The molecule has 0 saturated carbocycles. The molecule has 0 aliphatic carbocycles. The van der Waals surface area contributed by atoms with Crippen molar-refractivity contribution in [2.45, 2.75) is 0 Å². The number of hydrazone groups is 1. The summed E-state index contributed by atoms with van der Waals surface area (Å²) in [5, 5.41) is 4.74. The van der Waals surface area contributed by atoms with Crippen molar-refractivity contribution in [1.82, 2.24) is 10.4 Å². The first-order chi connectivity index (χ1) is 8.16. The predicted molar refractivity (Wildman–Crippen MR) is 72.1 cm³/mol. The first kappa shape index (κ1) is 11.3. The third kappa shape index (κ3) is 2.67. The Kier molecular flexibility index (Phi) is 3.15. The maximum atomic E-state index is 11.7. The molecular formula is C11H10N4OS. The Hall–Kier alpha value is -2.21. The molecule has 0 unspecified atom stereocenters. The summed E-state index contributed by atoms with van der Waals surface area (Å²) < 4.78 is 0. The Balaban J connectivity index is 2.41. The average molecular weight is 246 g/mol. The molecule has 0 aliphatic rings. The lowest BCUT2D eigenvalue weighted by Gasteiger charge is -1.99. The van der Waals surface area contributed by atoms with E-state index in [4.69, 9.17) is 5.73 Å². The van der Waals surface area contributed by atoms with Crippen LogP contribution in [0.2, 0.25) is 0 Å². The standard InChI is InChI=1S/C11H10N4OS/c12-11(17)15-13-6-8-5-7-3-1-2-4-9(7)14-10(8)16/h1-6H,(H,14,16)(H3,12,15,17)/b13-6-. The summed E-state index contributed by atoms with van der Waals surface area (Å²) in [7, 11) is 0. The molecule has 86 valence electrons. The van der Waals surface area contributed by atoms with Crippen molar-refractivity contribution >= 4 is 34.4 Å². The number of hydrogen-bond donors (Lipinski definition) is 3. The minimum atomic E-state index is -0.211. The van der Waals surface area contributed by atoms with E-state index in [2.05, 4.69) is 27.7 Å². The van der Waals surface area contributed by atoms with E-state index in [1.54, 1.807) is 6.07 Å². The molecule has 0 radical (unpaired) electrons. The van der Waals surface area contributed by atoms with Gasteiger partial charge in [0.1, 0.15) is 0 Å². The van der Waals surface area contributed by atoms with Gasteiger partial charge < -0.3 is 10.7 Å². The molecule has 6 heteroatoms. The van der Waals surface area contributed by atoms with Crippen molar-refractivity contribution in [1.29, 1.82) is 0 Å². The van der Waals surface area contributed by atoms with Crippen LogP contribution in [-0.2, 0) is 0 Å². The smallest absolute Gasteiger partial charge is 0.257 e. The highest BCUT2D eigenvalue weighted by Crippen LogP contribution is 2.08. The number of benzene rings is 1.